The zero-order chi connectivity index (χ0) is 12.1. The third kappa shape index (κ3) is 4.21. The number of nitrogens with zero attached hydrogens (tertiary/aromatic N) is 2. The minimum atomic E-state index is 0.331. The van der Waals surface area contributed by atoms with Gasteiger partial charge in [0.2, 0.25) is 0 Å². The number of likely N-dealkylation sites (N-methyl/N-ethyl adjacent to an activating group) is 1. The lowest BCUT2D eigenvalue weighted by Crippen LogP contribution is -2.45. The molecule has 0 spiro atoms. The van der Waals surface area contributed by atoms with Crippen LogP contribution in [-0.2, 0) is 4.74 Å². The van der Waals surface area contributed by atoms with Crippen LogP contribution in [0.3, 0.4) is 0 Å². The summed E-state index contributed by atoms with van der Waals surface area (Å²) < 4.78 is 5.51. The molecule has 0 aromatic rings. The summed E-state index contributed by atoms with van der Waals surface area (Å²) in [6.07, 6.45) is 3.78. The highest BCUT2D eigenvalue weighted by molar-refractivity contribution is 4.79. The molecule has 2 aliphatic heterocycles. The summed E-state index contributed by atoms with van der Waals surface area (Å²) in [7, 11) is 2.21. The van der Waals surface area contributed by atoms with Gasteiger partial charge in [0.05, 0.1) is 6.61 Å². The van der Waals surface area contributed by atoms with E-state index in [4.69, 9.17) is 10.5 Å². The van der Waals surface area contributed by atoms with Gasteiger partial charge in [-0.2, -0.15) is 0 Å². The molecule has 0 aromatic carbocycles. The van der Waals surface area contributed by atoms with Gasteiger partial charge in [-0.25, -0.2) is 0 Å². The Morgan fingerprint density at radius 3 is 2.82 bits per heavy atom. The largest absolute Gasteiger partial charge is 0.381 e. The van der Waals surface area contributed by atoms with Gasteiger partial charge in [0, 0.05) is 38.2 Å². The van der Waals surface area contributed by atoms with Gasteiger partial charge in [0.25, 0.3) is 0 Å². The maximum absolute atomic E-state index is 6.13. The highest BCUT2D eigenvalue weighted by Crippen LogP contribution is 2.14. The maximum Gasteiger partial charge on any atom is 0.0521 e. The van der Waals surface area contributed by atoms with E-state index in [2.05, 4.69) is 16.8 Å². The SMILES string of the molecule is CN(CCN1CCCC1)CC1COCCC1N. The minimum Gasteiger partial charge on any atom is -0.381 e. The molecular formula is C13H27N3O. The summed E-state index contributed by atoms with van der Waals surface area (Å²) in [4.78, 5) is 4.98. The minimum absolute atomic E-state index is 0.331. The molecule has 0 bridgehead atoms. The van der Waals surface area contributed by atoms with Crippen molar-refractivity contribution in [2.75, 3.05) is 53.0 Å². The molecule has 2 unspecified atom stereocenters. The van der Waals surface area contributed by atoms with Gasteiger partial charge in [-0.1, -0.05) is 0 Å². The van der Waals surface area contributed by atoms with E-state index in [0.717, 1.165) is 32.7 Å². The van der Waals surface area contributed by atoms with Crippen LogP contribution in [0.25, 0.3) is 0 Å². The van der Waals surface area contributed by atoms with Crippen molar-refractivity contribution in [2.45, 2.75) is 25.3 Å². The van der Waals surface area contributed by atoms with Crippen LogP contribution < -0.4 is 5.73 Å². The molecule has 0 aliphatic carbocycles. The summed E-state index contributed by atoms with van der Waals surface area (Å²) >= 11 is 0. The number of likely N-dealkylation sites (tertiary alicyclic amines) is 1. The first kappa shape index (κ1) is 13.3. The van der Waals surface area contributed by atoms with E-state index in [0.29, 0.717) is 12.0 Å². The van der Waals surface area contributed by atoms with Crippen molar-refractivity contribution in [1.29, 1.82) is 0 Å². The molecule has 2 atom stereocenters. The summed E-state index contributed by atoms with van der Waals surface area (Å²) in [5, 5.41) is 0. The van der Waals surface area contributed by atoms with Gasteiger partial charge in [-0.05, 0) is 39.4 Å². The summed E-state index contributed by atoms with van der Waals surface area (Å²) in [6, 6.07) is 0.331. The van der Waals surface area contributed by atoms with Gasteiger partial charge < -0.3 is 20.3 Å². The second-order valence-electron chi connectivity index (χ2n) is 5.60. The third-order valence-electron chi connectivity index (χ3n) is 4.08. The first-order chi connectivity index (χ1) is 8.25. The van der Waals surface area contributed by atoms with Crippen LogP contribution in [-0.4, -0.2) is 68.8 Å². The monoisotopic (exact) mass is 241 g/mol. The highest BCUT2D eigenvalue weighted by atomic mass is 16.5. The topological polar surface area (TPSA) is 41.7 Å². The van der Waals surface area contributed by atoms with Crippen molar-refractivity contribution in [2.24, 2.45) is 11.7 Å². The molecule has 2 aliphatic rings. The Kier molecular flexibility index (Phi) is 5.22. The van der Waals surface area contributed by atoms with Gasteiger partial charge in [0.15, 0.2) is 0 Å². The van der Waals surface area contributed by atoms with Crippen LogP contribution in [0.1, 0.15) is 19.3 Å². The normalized spacial score (nSPS) is 31.2. The number of nitrogens with two attached hydrogens (primary N) is 1. The predicted molar refractivity (Wildman–Crippen MR) is 70.1 cm³/mol. The first-order valence-corrected chi connectivity index (χ1v) is 7.00. The van der Waals surface area contributed by atoms with Crippen molar-refractivity contribution in [1.82, 2.24) is 9.80 Å². The zero-order valence-corrected chi connectivity index (χ0v) is 11.1. The molecular weight excluding hydrogens is 214 g/mol. The van der Waals surface area contributed by atoms with Crippen molar-refractivity contribution >= 4 is 0 Å². The average Bonchev–Trinajstić information content (AvgIpc) is 2.82. The van der Waals surface area contributed by atoms with E-state index in [1.807, 2.05) is 0 Å². The lowest BCUT2D eigenvalue weighted by atomic mass is 9.96. The number of hydrogen-bond donors (Lipinski definition) is 1. The molecule has 17 heavy (non-hydrogen) atoms. The van der Waals surface area contributed by atoms with Crippen LogP contribution in [0.15, 0.2) is 0 Å². The molecule has 100 valence electrons. The Balaban J connectivity index is 1.63. The van der Waals surface area contributed by atoms with Gasteiger partial charge in [0.1, 0.15) is 0 Å². The Morgan fingerprint density at radius 2 is 2.12 bits per heavy atom. The summed E-state index contributed by atoms with van der Waals surface area (Å²) in [5.74, 6) is 0.521. The molecule has 0 amide bonds. The Hall–Kier alpha value is -0.160. The number of ether oxygens (including phenoxy) is 1. The van der Waals surface area contributed by atoms with Gasteiger partial charge >= 0.3 is 0 Å². The van der Waals surface area contributed by atoms with E-state index in [1.165, 1.54) is 32.5 Å². The lowest BCUT2D eigenvalue weighted by molar-refractivity contribution is 0.0287. The Morgan fingerprint density at radius 1 is 1.35 bits per heavy atom. The fourth-order valence-corrected chi connectivity index (χ4v) is 2.81. The predicted octanol–water partition coefficient (Wildman–Crippen LogP) is 0.378. The second-order valence-corrected chi connectivity index (χ2v) is 5.60. The van der Waals surface area contributed by atoms with E-state index < -0.39 is 0 Å². The summed E-state index contributed by atoms with van der Waals surface area (Å²) in [6.45, 7) is 7.71. The molecule has 2 saturated heterocycles. The molecule has 2 rings (SSSR count). The Bertz CT molecular complexity index is 219. The molecule has 4 heteroatoms. The Labute approximate surface area is 105 Å². The molecule has 0 saturated carbocycles. The van der Waals surface area contributed by atoms with Crippen LogP contribution in [0.2, 0.25) is 0 Å². The van der Waals surface area contributed by atoms with Crippen molar-refractivity contribution in [3.05, 3.63) is 0 Å². The molecule has 2 N–H and O–H groups in total. The van der Waals surface area contributed by atoms with Gasteiger partial charge in [-0.15, -0.1) is 0 Å². The third-order valence-corrected chi connectivity index (χ3v) is 4.08. The van der Waals surface area contributed by atoms with E-state index in [9.17, 15) is 0 Å². The molecule has 0 radical (unpaired) electrons. The van der Waals surface area contributed by atoms with Crippen molar-refractivity contribution in [3.8, 4) is 0 Å². The maximum atomic E-state index is 6.13. The van der Waals surface area contributed by atoms with E-state index >= 15 is 0 Å². The molecule has 4 nitrogen and oxygen atoms in total. The fourth-order valence-electron chi connectivity index (χ4n) is 2.81. The standard InChI is InChI=1S/C13H27N3O/c1-15(7-8-16-5-2-3-6-16)10-12-11-17-9-4-13(12)14/h12-13H,2-11,14H2,1H3. The quantitative estimate of drug-likeness (QED) is 0.755. The summed E-state index contributed by atoms with van der Waals surface area (Å²) in [5.41, 5.74) is 6.13. The van der Waals surface area contributed by atoms with Crippen LogP contribution >= 0.6 is 0 Å². The van der Waals surface area contributed by atoms with E-state index in [1.54, 1.807) is 0 Å². The van der Waals surface area contributed by atoms with Crippen molar-refractivity contribution in [3.63, 3.8) is 0 Å². The smallest absolute Gasteiger partial charge is 0.0521 e. The molecule has 2 fully saturated rings. The molecule has 0 aromatic heterocycles. The van der Waals surface area contributed by atoms with Crippen LogP contribution in [0, 0.1) is 5.92 Å². The first-order valence-electron chi connectivity index (χ1n) is 7.00. The van der Waals surface area contributed by atoms with Crippen LogP contribution in [0.4, 0.5) is 0 Å². The number of rotatable bonds is 5. The number of hydrogen-bond acceptors (Lipinski definition) is 4. The average molecular weight is 241 g/mol. The highest BCUT2D eigenvalue weighted by Gasteiger charge is 2.23. The van der Waals surface area contributed by atoms with E-state index in [-0.39, 0.29) is 0 Å². The fraction of sp³-hybridized carbons (Fsp3) is 1.00. The van der Waals surface area contributed by atoms with Gasteiger partial charge in [-0.3, -0.25) is 0 Å². The zero-order valence-electron chi connectivity index (χ0n) is 11.1. The van der Waals surface area contributed by atoms with Crippen LogP contribution in [0.5, 0.6) is 0 Å². The second kappa shape index (κ2) is 6.69. The lowest BCUT2D eigenvalue weighted by Gasteiger charge is -2.32. The molecule has 2 heterocycles. The van der Waals surface area contributed by atoms with Crippen molar-refractivity contribution < 1.29 is 4.74 Å².